The van der Waals surface area contributed by atoms with E-state index >= 15 is 0 Å². The second-order valence-electron chi connectivity index (χ2n) is 4.07. The highest BCUT2D eigenvalue weighted by Gasteiger charge is 2.16. The van der Waals surface area contributed by atoms with Gasteiger partial charge in [-0.1, -0.05) is 0 Å². The lowest BCUT2D eigenvalue weighted by Gasteiger charge is -2.08. The summed E-state index contributed by atoms with van der Waals surface area (Å²) in [5.74, 6) is 1.09. The Bertz CT molecular complexity index is 461. The maximum Gasteiger partial charge on any atom is 0.307 e. The van der Waals surface area contributed by atoms with Crippen molar-refractivity contribution in [3.8, 4) is 17.2 Å². The normalized spacial score (nSPS) is 12.5. The molecule has 0 saturated carbocycles. The Kier molecular flexibility index (Phi) is 4.46. The fraction of sp³-hybridized carbons (Fsp3) is 0.462. The molecule has 0 aromatic heterocycles. The molecule has 1 heterocycles. The van der Waals surface area contributed by atoms with Crippen LogP contribution in [0.3, 0.4) is 0 Å². The molecule has 0 unspecified atom stereocenters. The summed E-state index contributed by atoms with van der Waals surface area (Å²) in [6, 6.07) is 3.26. The van der Waals surface area contributed by atoms with Crippen molar-refractivity contribution in [3.05, 3.63) is 17.7 Å². The number of phenolic OH excluding ortho intramolecular Hbond substituents is 1. The summed E-state index contributed by atoms with van der Waals surface area (Å²) in [6.07, 6.45) is 0.305. The predicted octanol–water partition coefficient (Wildman–Crippen LogP) is 1.16. The summed E-state index contributed by atoms with van der Waals surface area (Å²) in [5, 5.41) is 12.9. The van der Waals surface area contributed by atoms with Crippen LogP contribution in [0.4, 0.5) is 0 Å². The monoisotopic (exact) mass is 267 g/mol. The molecule has 19 heavy (non-hydrogen) atoms. The zero-order valence-electron chi connectivity index (χ0n) is 10.8. The van der Waals surface area contributed by atoms with E-state index in [4.69, 9.17) is 14.2 Å². The van der Waals surface area contributed by atoms with Gasteiger partial charge in [-0.15, -0.1) is 0 Å². The van der Waals surface area contributed by atoms with Gasteiger partial charge >= 0.3 is 5.97 Å². The van der Waals surface area contributed by atoms with Crippen LogP contribution in [-0.2, 0) is 16.1 Å². The third kappa shape index (κ3) is 3.51. The van der Waals surface area contributed by atoms with E-state index in [9.17, 15) is 9.90 Å². The van der Waals surface area contributed by atoms with Crippen molar-refractivity contribution in [1.29, 1.82) is 0 Å². The van der Waals surface area contributed by atoms with Crippen molar-refractivity contribution in [1.82, 2.24) is 5.32 Å². The summed E-state index contributed by atoms with van der Waals surface area (Å²) in [5.41, 5.74) is 0.702. The van der Waals surface area contributed by atoms with Crippen molar-refractivity contribution in [2.75, 3.05) is 19.9 Å². The summed E-state index contributed by atoms with van der Waals surface area (Å²) in [6.45, 7) is 3.28. The minimum Gasteiger partial charge on any atom is -0.507 e. The molecule has 0 aliphatic carbocycles. The van der Waals surface area contributed by atoms with Crippen molar-refractivity contribution in [2.24, 2.45) is 0 Å². The first-order chi connectivity index (χ1) is 9.20. The summed E-state index contributed by atoms with van der Waals surface area (Å²) in [4.78, 5) is 11.1. The van der Waals surface area contributed by atoms with Crippen LogP contribution in [0.25, 0.3) is 0 Å². The zero-order chi connectivity index (χ0) is 13.7. The van der Waals surface area contributed by atoms with Crippen molar-refractivity contribution < 1.29 is 24.1 Å². The molecule has 0 spiro atoms. The Morgan fingerprint density at radius 2 is 2.16 bits per heavy atom. The molecule has 0 amide bonds. The van der Waals surface area contributed by atoms with Crippen LogP contribution < -0.4 is 14.8 Å². The van der Waals surface area contributed by atoms with Crippen LogP contribution in [0, 0.1) is 0 Å². The number of aromatic hydroxyl groups is 1. The van der Waals surface area contributed by atoms with Gasteiger partial charge in [0.05, 0.1) is 13.0 Å². The number of ether oxygens (including phenoxy) is 3. The first-order valence-electron chi connectivity index (χ1n) is 6.18. The molecule has 0 saturated heterocycles. The van der Waals surface area contributed by atoms with Crippen molar-refractivity contribution in [2.45, 2.75) is 19.9 Å². The summed E-state index contributed by atoms with van der Waals surface area (Å²) >= 11 is 0. The van der Waals surface area contributed by atoms with Crippen LogP contribution in [-0.4, -0.2) is 31.0 Å². The smallest absolute Gasteiger partial charge is 0.307 e. The summed E-state index contributed by atoms with van der Waals surface area (Å²) in [7, 11) is 0. The van der Waals surface area contributed by atoms with Gasteiger partial charge in [0.1, 0.15) is 5.75 Å². The molecule has 1 aromatic carbocycles. The van der Waals surface area contributed by atoms with Crippen molar-refractivity contribution in [3.63, 3.8) is 0 Å². The topological polar surface area (TPSA) is 77.0 Å². The second kappa shape index (κ2) is 6.29. The number of nitrogens with one attached hydrogen (secondary N) is 1. The Morgan fingerprint density at radius 3 is 2.89 bits per heavy atom. The molecular formula is C13H17NO5. The maximum atomic E-state index is 11.1. The Balaban J connectivity index is 1.82. The van der Waals surface area contributed by atoms with E-state index in [1.165, 1.54) is 6.07 Å². The molecule has 1 aliphatic rings. The third-order valence-corrected chi connectivity index (χ3v) is 2.70. The SMILES string of the molecule is CCOC(=O)CCNCc1cc2c(cc1O)OCO2. The van der Waals surface area contributed by atoms with E-state index in [1.54, 1.807) is 13.0 Å². The highest BCUT2D eigenvalue weighted by molar-refractivity contribution is 5.69. The minimum absolute atomic E-state index is 0.146. The van der Waals surface area contributed by atoms with Gasteiger partial charge in [-0.25, -0.2) is 0 Å². The summed E-state index contributed by atoms with van der Waals surface area (Å²) < 4.78 is 15.2. The molecule has 0 bridgehead atoms. The van der Waals surface area contributed by atoms with Crippen molar-refractivity contribution >= 4 is 5.97 Å². The number of carbonyl (C=O) groups is 1. The average molecular weight is 267 g/mol. The van der Waals surface area contributed by atoms with Gasteiger partial charge in [-0.2, -0.15) is 0 Å². The van der Waals surface area contributed by atoms with Gasteiger partial charge in [-0.05, 0) is 13.0 Å². The van der Waals surface area contributed by atoms with Gasteiger partial charge < -0.3 is 24.6 Å². The number of esters is 1. The van der Waals surface area contributed by atoms with Gasteiger partial charge in [-0.3, -0.25) is 4.79 Å². The number of rotatable bonds is 6. The van der Waals surface area contributed by atoms with E-state index in [2.05, 4.69) is 5.32 Å². The average Bonchev–Trinajstić information content (AvgIpc) is 2.82. The lowest BCUT2D eigenvalue weighted by atomic mass is 10.1. The molecule has 0 fully saturated rings. The number of benzene rings is 1. The fourth-order valence-corrected chi connectivity index (χ4v) is 1.76. The number of fused-ring (bicyclic) bond motifs is 1. The highest BCUT2D eigenvalue weighted by atomic mass is 16.7. The molecule has 1 aromatic rings. The standard InChI is InChI=1S/C13H17NO5/c1-2-17-13(16)3-4-14-7-9-5-11-12(6-10(9)15)19-8-18-11/h5-6,14-15H,2-4,7-8H2,1H3. The molecule has 1 aliphatic heterocycles. The molecule has 0 radical (unpaired) electrons. The van der Waals surface area contributed by atoms with Crippen LogP contribution >= 0.6 is 0 Å². The Hall–Kier alpha value is -1.95. The number of carbonyl (C=O) groups excluding carboxylic acids is 1. The molecular weight excluding hydrogens is 250 g/mol. The van der Waals surface area contributed by atoms with Crippen LogP contribution in [0.15, 0.2) is 12.1 Å². The molecule has 104 valence electrons. The van der Waals surface area contributed by atoms with Gasteiger partial charge in [0.2, 0.25) is 6.79 Å². The van der Waals surface area contributed by atoms with Crippen LogP contribution in [0.1, 0.15) is 18.9 Å². The number of hydrogen-bond donors (Lipinski definition) is 2. The third-order valence-electron chi connectivity index (χ3n) is 2.70. The number of hydrogen-bond acceptors (Lipinski definition) is 6. The lowest BCUT2D eigenvalue weighted by molar-refractivity contribution is -0.142. The Morgan fingerprint density at radius 1 is 1.42 bits per heavy atom. The first-order valence-corrected chi connectivity index (χ1v) is 6.18. The van der Waals surface area contributed by atoms with E-state index < -0.39 is 0 Å². The minimum atomic E-state index is -0.232. The number of phenols is 1. The molecule has 6 nitrogen and oxygen atoms in total. The quantitative estimate of drug-likeness (QED) is 0.595. The molecule has 0 atom stereocenters. The Labute approximate surface area is 111 Å². The first kappa shape index (κ1) is 13.5. The van der Waals surface area contributed by atoms with Crippen LogP contribution in [0.5, 0.6) is 17.2 Å². The van der Waals surface area contributed by atoms with E-state index in [-0.39, 0.29) is 18.5 Å². The van der Waals surface area contributed by atoms with E-state index in [1.807, 2.05) is 0 Å². The predicted molar refractivity (Wildman–Crippen MR) is 67.2 cm³/mol. The van der Waals surface area contributed by atoms with E-state index in [0.29, 0.717) is 43.2 Å². The zero-order valence-corrected chi connectivity index (χ0v) is 10.8. The van der Waals surface area contributed by atoms with E-state index in [0.717, 1.165) is 0 Å². The van der Waals surface area contributed by atoms with Gasteiger partial charge in [0.25, 0.3) is 0 Å². The second-order valence-corrected chi connectivity index (χ2v) is 4.07. The molecule has 6 heteroatoms. The van der Waals surface area contributed by atoms with Crippen LogP contribution in [0.2, 0.25) is 0 Å². The fourth-order valence-electron chi connectivity index (χ4n) is 1.76. The molecule has 2 rings (SSSR count). The molecule has 2 N–H and O–H groups in total. The van der Waals surface area contributed by atoms with Gasteiger partial charge in [0.15, 0.2) is 11.5 Å². The lowest BCUT2D eigenvalue weighted by Crippen LogP contribution is -2.19. The maximum absolute atomic E-state index is 11.1. The largest absolute Gasteiger partial charge is 0.507 e. The highest BCUT2D eigenvalue weighted by Crippen LogP contribution is 2.37. The van der Waals surface area contributed by atoms with Gasteiger partial charge in [0, 0.05) is 24.7 Å².